The Morgan fingerprint density at radius 2 is 2.20 bits per heavy atom. The van der Waals surface area contributed by atoms with Crippen molar-refractivity contribution >= 4 is 39.5 Å². The van der Waals surface area contributed by atoms with Crippen molar-refractivity contribution in [1.29, 1.82) is 0 Å². The molecule has 6 heteroatoms. The lowest BCUT2D eigenvalue weighted by molar-refractivity contribution is 0.586. The van der Waals surface area contributed by atoms with E-state index in [1.54, 1.807) is 11.3 Å². The molecular formula is C14H13Cl2N3S. The van der Waals surface area contributed by atoms with Gasteiger partial charge in [-0.05, 0) is 24.7 Å². The third-order valence-electron chi connectivity index (χ3n) is 3.25. The van der Waals surface area contributed by atoms with Crippen LogP contribution in [0.25, 0.3) is 4.96 Å². The highest BCUT2D eigenvalue weighted by Crippen LogP contribution is 2.27. The van der Waals surface area contributed by atoms with Crippen LogP contribution in [0.2, 0.25) is 10.0 Å². The first kappa shape index (κ1) is 13.9. The van der Waals surface area contributed by atoms with Gasteiger partial charge in [0.2, 0.25) is 0 Å². The standard InChI is InChI=1S/C14H13Cl2N3S/c1-17-13(9-2-3-11(15)12(16)6-9)7-10-8-19-4-5-20-14(19)18-10/h2-6,8,13,17H,7H2,1H3. The Balaban J connectivity index is 1.85. The molecule has 1 N–H and O–H groups in total. The van der Waals surface area contributed by atoms with Crippen LogP contribution in [0.15, 0.2) is 36.0 Å². The number of thiazole rings is 1. The summed E-state index contributed by atoms with van der Waals surface area (Å²) in [6, 6.07) is 5.89. The van der Waals surface area contributed by atoms with Gasteiger partial charge in [-0.3, -0.25) is 4.40 Å². The van der Waals surface area contributed by atoms with Gasteiger partial charge in [0.15, 0.2) is 4.96 Å². The first-order valence-electron chi connectivity index (χ1n) is 6.20. The van der Waals surface area contributed by atoms with Crippen molar-refractivity contribution in [3.63, 3.8) is 0 Å². The van der Waals surface area contributed by atoms with E-state index in [9.17, 15) is 0 Å². The van der Waals surface area contributed by atoms with E-state index in [0.29, 0.717) is 10.0 Å². The number of hydrogen-bond acceptors (Lipinski definition) is 3. The first-order chi connectivity index (χ1) is 9.67. The van der Waals surface area contributed by atoms with Crippen LogP contribution in [-0.2, 0) is 6.42 Å². The van der Waals surface area contributed by atoms with Crippen LogP contribution >= 0.6 is 34.5 Å². The van der Waals surface area contributed by atoms with Crippen molar-refractivity contribution in [2.75, 3.05) is 7.05 Å². The number of halogens is 2. The van der Waals surface area contributed by atoms with Crippen molar-refractivity contribution in [2.24, 2.45) is 0 Å². The second kappa shape index (κ2) is 5.74. The Kier molecular flexibility index (Phi) is 3.98. The number of imidazole rings is 1. The maximum Gasteiger partial charge on any atom is 0.193 e. The van der Waals surface area contributed by atoms with Gasteiger partial charge in [-0.1, -0.05) is 29.3 Å². The van der Waals surface area contributed by atoms with E-state index in [2.05, 4.69) is 16.5 Å². The number of likely N-dealkylation sites (N-methyl/N-ethyl adjacent to an activating group) is 1. The first-order valence-corrected chi connectivity index (χ1v) is 7.84. The van der Waals surface area contributed by atoms with E-state index in [4.69, 9.17) is 23.2 Å². The summed E-state index contributed by atoms with van der Waals surface area (Å²) in [4.78, 5) is 5.63. The van der Waals surface area contributed by atoms with Crippen LogP contribution in [0.3, 0.4) is 0 Å². The second-order valence-corrected chi connectivity index (χ2v) is 6.23. The zero-order valence-corrected chi connectivity index (χ0v) is 13.1. The Morgan fingerprint density at radius 1 is 1.35 bits per heavy atom. The molecule has 0 amide bonds. The van der Waals surface area contributed by atoms with Gasteiger partial charge < -0.3 is 5.32 Å². The molecule has 0 saturated carbocycles. The highest BCUT2D eigenvalue weighted by atomic mass is 35.5. The van der Waals surface area contributed by atoms with Gasteiger partial charge in [0.1, 0.15) is 0 Å². The van der Waals surface area contributed by atoms with Gasteiger partial charge in [0.25, 0.3) is 0 Å². The molecule has 0 saturated heterocycles. The van der Waals surface area contributed by atoms with Crippen molar-refractivity contribution in [2.45, 2.75) is 12.5 Å². The van der Waals surface area contributed by atoms with E-state index in [-0.39, 0.29) is 6.04 Å². The Hall–Kier alpha value is -1.07. The molecule has 1 aromatic carbocycles. The van der Waals surface area contributed by atoms with Crippen molar-refractivity contribution < 1.29 is 0 Å². The summed E-state index contributed by atoms with van der Waals surface area (Å²) in [5.41, 5.74) is 2.17. The summed E-state index contributed by atoms with van der Waals surface area (Å²) in [7, 11) is 1.94. The molecule has 0 aliphatic carbocycles. The Bertz CT molecular complexity index is 706. The fourth-order valence-electron chi connectivity index (χ4n) is 2.20. The maximum absolute atomic E-state index is 6.09. The summed E-state index contributed by atoms with van der Waals surface area (Å²) in [6.45, 7) is 0. The molecule has 3 nitrogen and oxygen atoms in total. The van der Waals surface area contributed by atoms with Crippen molar-refractivity contribution in [3.8, 4) is 0 Å². The molecule has 0 radical (unpaired) electrons. The average molecular weight is 326 g/mol. The molecular weight excluding hydrogens is 313 g/mol. The van der Waals surface area contributed by atoms with Crippen LogP contribution < -0.4 is 5.32 Å². The lowest BCUT2D eigenvalue weighted by Gasteiger charge is -2.16. The molecule has 0 aliphatic heterocycles. The van der Waals surface area contributed by atoms with Crippen LogP contribution in [0.4, 0.5) is 0 Å². The Labute approximate surface area is 131 Å². The summed E-state index contributed by atoms with van der Waals surface area (Å²) < 4.78 is 2.04. The Morgan fingerprint density at radius 3 is 2.90 bits per heavy atom. The predicted molar refractivity (Wildman–Crippen MR) is 85.0 cm³/mol. The molecule has 20 heavy (non-hydrogen) atoms. The molecule has 1 unspecified atom stereocenters. The van der Waals surface area contributed by atoms with Crippen LogP contribution in [0.1, 0.15) is 17.3 Å². The number of hydrogen-bond donors (Lipinski definition) is 1. The topological polar surface area (TPSA) is 29.3 Å². The SMILES string of the molecule is CNC(Cc1cn2ccsc2n1)c1ccc(Cl)c(Cl)c1. The van der Waals surface area contributed by atoms with E-state index >= 15 is 0 Å². The largest absolute Gasteiger partial charge is 0.313 e. The zero-order valence-electron chi connectivity index (χ0n) is 10.8. The number of fused-ring (bicyclic) bond motifs is 1. The predicted octanol–water partition coefficient (Wildman–Crippen LogP) is 4.21. The number of aromatic nitrogens is 2. The molecule has 0 bridgehead atoms. The molecule has 1 atom stereocenters. The van der Waals surface area contributed by atoms with E-state index in [1.165, 1.54) is 0 Å². The summed E-state index contributed by atoms with van der Waals surface area (Å²) >= 11 is 13.7. The molecule has 0 fully saturated rings. The molecule has 3 aromatic rings. The van der Waals surface area contributed by atoms with Crippen LogP contribution in [-0.4, -0.2) is 16.4 Å². The lowest BCUT2D eigenvalue weighted by atomic mass is 10.0. The van der Waals surface area contributed by atoms with Gasteiger partial charge in [-0.15, -0.1) is 11.3 Å². The quantitative estimate of drug-likeness (QED) is 0.778. The highest BCUT2D eigenvalue weighted by Gasteiger charge is 2.14. The molecule has 2 aromatic heterocycles. The number of benzene rings is 1. The number of nitrogens with one attached hydrogen (secondary N) is 1. The minimum atomic E-state index is 0.161. The van der Waals surface area contributed by atoms with Gasteiger partial charge >= 0.3 is 0 Å². The van der Waals surface area contributed by atoms with Gasteiger partial charge in [-0.2, -0.15) is 0 Å². The molecule has 3 rings (SSSR count). The van der Waals surface area contributed by atoms with Gasteiger partial charge in [0, 0.05) is 30.2 Å². The van der Waals surface area contributed by atoms with Crippen molar-refractivity contribution in [1.82, 2.24) is 14.7 Å². The summed E-state index contributed by atoms with van der Waals surface area (Å²) in [5.74, 6) is 0. The monoisotopic (exact) mass is 325 g/mol. The van der Waals surface area contributed by atoms with Crippen LogP contribution in [0.5, 0.6) is 0 Å². The van der Waals surface area contributed by atoms with Gasteiger partial charge in [-0.25, -0.2) is 4.98 Å². The van der Waals surface area contributed by atoms with Crippen molar-refractivity contribution in [3.05, 3.63) is 57.3 Å². The number of nitrogens with zero attached hydrogens (tertiary/aromatic N) is 2. The normalized spacial score (nSPS) is 12.9. The third kappa shape index (κ3) is 2.69. The van der Waals surface area contributed by atoms with E-state index < -0.39 is 0 Å². The van der Waals surface area contributed by atoms with E-state index in [0.717, 1.165) is 22.6 Å². The fraction of sp³-hybridized carbons (Fsp3) is 0.214. The molecule has 0 spiro atoms. The van der Waals surface area contributed by atoms with E-state index in [1.807, 2.05) is 41.2 Å². The van der Waals surface area contributed by atoms with Gasteiger partial charge in [0.05, 0.1) is 15.7 Å². The molecule has 0 aliphatic rings. The zero-order chi connectivity index (χ0) is 14.1. The minimum absolute atomic E-state index is 0.161. The maximum atomic E-state index is 6.09. The highest BCUT2D eigenvalue weighted by molar-refractivity contribution is 7.15. The third-order valence-corrected chi connectivity index (χ3v) is 4.76. The molecule has 104 valence electrons. The summed E-state index contributed by atoms with van der Waals surface area (Å²) in [5, 5.41) is 6.49. The van der Waals surface area contributed by atoms with Crippen LogP contribution in [0, 0.1) is 0 Å². The average Bonchev–Trinajstić information content (AvgIpc) is 3.00. The minimum Gasteiger partial charge on any atom is -0.313 e. The summed E-state index contributed by atoms with van der Waals surface area (Å²) in [6.07, 6.45) is 4.89. The number of rotatable bonds is 4. The lowest BCUT2D eigenvalue weighted by Crippen LogP contribution is -2.19. The fourth-order valence-corrected chi connectivity index (χ4v) is 3.22. The smallest absolute Gasteiger partial charge is 0.193 e. The molecule has 2 heterocycles. The second-order valence-electron chi connectivity index (χ2n) is 4.54.